The van der Waals surface area contributed by atoms with E-state index in [0.29, 0.717) is 17.7 Å². The number of hydrazine groups is 1. The van der Waals surface area contributed by atoms with Gasteiger partial charge in [0.2, 0.25) is 5.91 Å². The standard InChI is InChI=1S/C24H31N7O3S/c1-3-6-21(32)28-29-22(33)19(13-16-14-25-18-8-5-4-7-17(16)18)27-23(34)20-15-26-24(35-20)31-11-9-30(2)10-12-31/h4-5,7-8,14-15,19,25H,3,6,9-13H2,1-2H3,(H,27,34)(H,28,32)(H,29,33). The highest BCUT2D eigenvalue weighted by molar-refractivity contribution is 7.17. The van der Waals surface area contributed by atoms with E-state index < -0.39 is 11.9 Å². The van der Waals surface area contributed by atoms with Crippen LogP contribution in [0, 0.1) is 0 Å². The first kappa shape index (κ1) is 24.7. The van der Waals surface area contributed by atoms with Gasteiger partial charge in [-0.2, -0.15) is 0 Å². The molecular formula is C24H31N7O3S. The minimum Gasteiger partial charge on any atom is -0.361 e. The van der Waals surface area contributed by atoms with Gasteiger partial charge in [0.1, 0.15) is 10.9 Å². The first-order chi connectivity index (χ1) is 16.9. The molecule has 35 heavy (non-hydrogen) atoms. The summed E-state index contributed by atoms with van der Waals surface area (Å²) in [5, 5.41) is 4.62. The number of aromatic nitrogens is 2. The first-order valence-electron chi connectivity index (χ1n) is 11.8. The topological polar surface area (TPSA) is 122 Å². The van der Waals surface area contributed by atoms with Gasteiger partial charge in [0.05, 0.1) is 6.20 Å². The maximum Gasteiger partial charge on any atom is 0.263 e. The summed E-state index contributed by atoms with van der Waals surface area (Å²) in [5.41, 5.74) is 6.72. The molecule has 0 aliphatic carbocycles. The van der Waals surface area contributed by atoms with Gasteiger partial charge in [0.25, 0.3) is 11.8 Å². The third-order valence-electron chi connectivity index (χ3n) is 6.01. The Labute approximate surface area is 208 Å². The molecule has 0 saturated carbocycles. The number of aromatic amines is 1. The van der Waals surface area contributed by atoms with Gasteiger partial charge in [-0.3, -0.25) is 25.2 Å². The van der Waals surface area contributed by atoms with E-state index in [1.54, 1.807) is 6.20 Å². The molecule has 10 nitrogen and oxygen atoms in total. The summed E-state index contributed by atoms with van der Waals surface area (Å²) in [6.07, 6.45) is 4.62. The van der Waals surface area contributed by atoms with Gasteiger partial charge in [-0.15, -0.1) is 0 Å². The Morgan fingerprint density at radius 3 is 2.69 bits per heavy atom. The van der Waals surface area contributed by atoms with Crippen LogP contribution < -0.4 is 21.1 Å². The number of fused-ring (bicyclic) bond motifs is 1. The summed E-state index contributed by atoms with van der Waals surface area (Å²) in [5.74, 6) is -1.14. The van der Waals surface area contributed by atoms with Gasteiger partial charge >= 0.3 is 0 Å². The van der Waals surface area contributed by atoms with E-state index in [0.717, 1.165) is 47.8 Å². The van der Waals surface area contributed by atoms with E-state index in [-0.39, 0.29) is 18.2 Å². The first-order valence-corrected chi connectivity index (χ1v) is 12.6. The molecular weight excluding hydrogens is 466 g/mol. The van der Waals surface area contributed by atoms with Crippen molar-refractivity contribution in [2.45, 2.75) is 32.2 Å². The quantitative estimate of drug-likeness (QED) is 0.351. The van der Waals surface area contributed by atoms with E-state index in [9.17, 15) is 14.4 Å². The zero-order valence-electron chi connectivity index (χ0n) is 20.0. The molecule has 1 saturated heterocycles. The Balaban J connectivity index is 1.48. The third kappa shape index (κ3) is 6.17. The normalized spacial score (nSPS) is 15.1. The highest BCUT2D eigenvalue weighted by atomic mass is 32.1. The van der Waals surface area contributed by atoms with Crippen molar-refractivity contribution >= 4 is 45.1 Å². The predicted molar refractivity (Wildman–Crippen MR) is 136 cm³/mol. The Hall–Kier alpha value is -3.44. The molecule has 2 aromatic heterocycles. The van der Waals surface area contributed by atoms with Crippen LogP contribution in [-0.4, -0.2) is 71.9 Å². The number of anilines is 1. The summed E-state index contributed by atoms with van der Waals surface area (Å²) in [7, 11) is 2.08. The fourth-order valence-electron chi connectivity index (χ4n) is 3.98. The van der Waals surface area contributed by atoms with Gasteiger partial charge in [-0.1, -0.05) is 36.5 Å². The van der Waals surface area contributed by atoms with Crippen LogP contribution in [0.25, 0.3) is 10.9 Å². The minimum atomic E-state index is -0.891. The van der Waals surface area contributed by atoms with Crippen molar-refractivity contribution in [3.05, 3.63) is 47.1 Å². The number of benzene rings is 1. The van der Waals surface area contributed by atoms with E-state index in [4.69, 9.17) is 0 Å². The molecule has 1 atom stereocenters. The molecule has 4 rings (SSSR count). The second-order valence-corrected chi connectivity index (χ2v) is 9.68. The lowest BCUT2D eigenvalue weighted by molar-refractivity contribution is -0.129. The molecule has 3 heterocycles. The molecule has 1 aliphatic rings. The second-order valence-electron chi connectivity index (χ2n) is 8.67. The van der Waals surface area contributed by atoms with Gasteiger partial charge < -0.3 is 20.1 Å². The van der Waals surface area contributed by atoms with Crippen molar-refractivity contribution < 1.29 is 14.4 Å². The van der Waals surface area contributed by atoms with Crippen LogP contribution in [0.2, 0.25) is 0 Å². The number of H-pyrrole nitrogens is 1. The van der Waals surface area contributed by atoms with Crippen molar-refractivity contribution in [2.24, 2.45) is 0 Å². The van der Waals surface area contributed by atoms with Gasteiger partial charge in [-0.25, -0.2) is 4.98 Å². The number of nitrogens with one attached hydrogen (secondary N) is 4. The number of amides is 3. The Morgan fingerprint density at radius 1 is 1.14 bits per heavy atom. The lowest BCUT2D eigenvalue weighted by Gasteiger charge is -2.32. The highest BCUT2D eigenvalue weighted by Gasteiger charge is 2.25. The SMILES string of the molecule is CCCC(=O)NNC(=O)C(Cc1c[nH]c2ccccc12)NC(=O)c1cnc(N2CCN(C)CC2)s1. The molecule has 1 unspecified atom stereocenters. The summed E-state index contributed by atoms with van der Waals surface area (Å²) < 4.78 is 0. The van der Waals surface area contributed by atoms with E-state index in [1.165, 1.54) is 11.3 Å². The van der Waals surface area contributed by atoms with Crippen LogP contribution in [0.1, 0.15) is 35.0 Å². The predicted octanol–water partition coefficient (Wildman–Crippen LogP) is 1.66. The maximum atomic E-state index is 13.1. The van der Waals surface area contributed by atoms with Crippen molar-refractivity contribution in [2.75, 3.05) is 38.1 Å². The van der Waals surface area contributed by atoms with Crippen LogP contribution in [0.5, 0.6) is 0 Å². The molecule has 1 fully saturated rings. The Kier molecular flexibility index (Phi) is 7.98. The minimum absolute atomic E-state index is 0.259. The second kappa shape index (κ2) is 11.3. The number of carbonyl (C=O) groups excluding carboxylic acids is 3. The van der Waals surface area contributed by atoms with E-state index >= 15 is 0 Å². The van der Waals surface area contributed by atoms with E-state index in [1.807, 2.05) is 37.4 Å². The van der Waals surface area contributed by atoms with Crippen LogP contribution >= 0.6 is 11.3 Å². The number of likely N-dealkylation sites (N-methyl/N-ethyl adjacent to an activating group) is 1. The molecule has 3 amide bonds. The Morgan fingerprint density at radius 2 is 1.91 bits per heavy atom. The van der Waals surface area contributed by atoms with Crippen LogP contribution in [0.4, 0.5) is 5.13 Å². The molecule has 4 N–H and O–H groups in total. The lowest BCUT2D eigenvalue weighted by Crippen LogP contribution is -2.53. The number of piperazine rings is 1. The zero-order valence-corrected chi connectivity index (χ0v) is 20.8. The maximum absolute atomic E-state index is 13.1. The average Bonchev–Trinajstić information content (AvgIpc) is 3.51. The molecule has 1 aromatic carbocycles. The largest absolute Gasteiger partial charge is 0.361 e. The number of carbonyl (C=O) groups is 3. The van der Waals surface area contributed by atoms with Crippen LogP contribution in [0.3, 0.4) is 0 Å². The molecule has 3 aromatic rings. The van der Waals surface area contributed by atoms with Crippen molar-refractivity contribution in [1.29, 1.82) is 0 Å². The fourth-order valence-corrected chi connectivity index (χ4v) is 4.85. The molecule has 0 spiro atoms. The average molecular weight is 498 g/mol. The molecule has 1 aliphatic heterocycles. The van der Waals surface area contributed by atoms with Crippen molar-refractivity contribution in [3.63, 3.8) is 0 Å². The summed E-state index contributed by atoms with van der Waals surface area (Å²) in [4.78, 5) is 50.4. The summed E-state index contributed by atoms with van der Waals surface area (Å²) in [6, 6.07) is 6.88. The molecule has 186 valence electrons. The van der Waals surface area contributed by atoms with Gasteiger partial charge in [0, 0.05) is 56.1 Å². The number of para-hydroxylation sites is 1. The van der Waals surface area contributed by atoms with E-state index in [2.05, 4.69) is 43.0 Å². The van der Waals surface area contributed by atoms with Gasteiger partial charge in [-0.05, 0) is 25.1 Å². The smallest absolute Gasteiger partial charge is 0.263 e. The van der Waals surface area contributed by atoms with Gasteiger partial charge in [0.15, 0.2) is 5.13 Å². The number of nitrogens with zero attached hydrogens (tertiary/aromatic N) is 3. The summed E-state index contributed by atoms with van der Waals surface area (Å²) >= 11 is 1.31. The fraction of sp³-hybridized carbons (Fsp3) is 0.417. The number of rotatable bonds is 8. The van der Waals surface area contributed by atoms with Crippen LogP contribution in [0.15, 0.2) is 36.7 Å². The number of thiazole rings is 1. The molecule has 11 heteroatoms. The molecule has 0 bridgehead atoms. The zero-order chi connectivity index (χ0) is 24.8. The number of hydrogen-bond donors (Lipinski definition) is 4. The number of hydrogen-bond acceptors (Lipinski definition) is 7. The van der Waals surface area contributed by atoms with Crippen molar-refractivity contribution in [3.8, 4) is 0 Å². The van der Waals surface area contributed by atoms with Crippen molar-refractivity contribution in [1.82, 2.24) is 31.0 Å². The third-order valence-corrected chi connectivity index (χ3v) is 7.07. The molecule has 0 radical (unpaired) electrons. The lowest BCUT2D eigenvalue weighted by atomic mass is 10.0. The summed E-state index contributed by atoms with van der Waals surface area (Å²) in [6.45, 7) is 5.48. The highest BCUT2D eigenvalue weighted by Crippen LogP contribution is 2.24. The van der Waals surface area contributed by atoms with Crippen LogP contribution in [-0.2, 0) is 16.0 Å². The monoisotopic (exact) mass is 497 g/mol. The Bertz CT molecular complexity index is 1180.